The van der Waals surface area contributed by atoms with Gasteiger partial charge in [0, 0.05) is 12.6 Å². The number of amides is 1. The largest absolute Gasteiger partial charge is 0.468 e. The summed E-state index contributed by atoms with van der Waals surface area (Å²) in [6.45, 7) is 5.95. The van der Waals surface area contributed by atoms with Gasteiger partial charge in [0.1, 0.15) is 11.6 Å². The zero-order valence-corrected chi connectivity index (χ0v) is 10.7. The Morgan fingerprint density at radius 2 is 2.00 bits per heavy atom. The van der Waals surface area contributed by atoms with Crippen LogP contribution >= 0.6 is 0 Å². The van der Waals surface area contributed by atoms with Crippen LogP contribution in [0.4, 0.5) is 4.79 Å². The lowest BCUT2D eigenvalue weighted by Crippen LogP contribution is -2.40. The predicted molar refractivity (Wildman–Crippen MR) is 61.6 cm³/mol. The highest BCUT2D eigenvalue weighted by Gasteiger charge is 2.31. The molecule has 1 amide bonds. The number of methoxy groups -OCH3 is 1. The molecule has 17 heavy (non-hydrogen) atoms. The van der Waals surface area contributed by atoms with E-state index in [1.165, 1.54) is 7.11 Å². The highest BCUT2D eigenvalue weighted by atomic mass is 16.6. The van der Waals surface area contributed by atoms with Crippen LogP contribution in [0.2, 0.25) is 0 Å². The molecule has 0 aromatic rings. The summed E-state index contributed by atoms with van der Waals surface area (Å²) in [5, 5.41) is 5.69. The second-order valence-electron chi connectivity index (χ2n) is 5.06. The standard InChI is InChI=1S/C11H20N2O4/c1-11(2,3)17-10(15)13-7-5-8(12-6-7)9(14)16-4/h7-8,12H,5-6H2,1-4H3,(H,13,15)/t7-,8-/m1/s1. The van der Waals surface area contributed by atoms with Crippen molar-refractivity contribution in [2.75, 3.05) is 13.7 Å². The Kier molecular flexibility index (Phi) is 4.34. The summed E-state index contributed by atoms with van der Waals surface area (Å²) in [5.74, 6) is -0.307. The van der Waals surface area contributed by atoms with Crippen molar-refractivity contribution in [2.24, 2.45) is 0 Å². The molecule has 6 heteroatoms. The quantitative estimate of drug-likeness (QED) is 0.688. The molecule has 6 nitrogen and oxygen atoms in total. The number of carbonyl (C=O) groups is 2. The van der Waals surface area contributed by atoms with Crippen LogP contribution in [0.15, 0.2) is 0 Å². The maximum Gasteiger partial charge on any atom is 0.407 e. The van der Waals surface area contributed by atoms with Gasteiger partial charge in [-0.3, -0.25) is 4.79 Å². The lowest BCUT2D eigenvalue weighted by Gasteiger charge is -2.21. The molecule has 0 unspecified atom stereocenters. The first-order chi connectivity index (χ1) is 7.81. The minimum Gasteiger partial charge on any atom is -0.468 e. The Labute approximate surface area is 101 Å². The number of ether oxygens (including phenoxy) is 2. The van der Waals surface area contributed by atoms with E-state index in [1.54, 1.807) is 20.8 Å². The maximum atomic E-state index is 11.5. The average molecular weight is 244 g/mol. The Balaban J connectivity index is 2.35. The Bertz CT molecular complexity index is 298. The van der Waals surface area contributed by atoms with Crippen molar-refractivity contribution in [2.45, 2.75) is 44.9 Å². The van der Waals surface area contributed by atoms with E-state index in [2.05, 4.69) is 15.4 Å². The molecule has 1 saturated heterocycles. The molecule has 1 aliphatic heterocycles. The molecule has 2 N–H and O–H groups in total. The van der Waals surface area contributed by atoms with Crippen molar-refractivity contribution in [1.82, 2.24) is 10.6 Å². The van der Waals surface area contributed by atoms with Gasteiger partial charge in [-0.2, -0.15) is 0 Å². The Hall–Kier alpha value is -1.30. The van der Waals surface area contributed by atoms with Gasteiger partial charge < -0.3 is 20.1 Å². The molecule has 0 spiro atoms. The summed E-state index contributed by atoms with van der Waals surface area (Å²) in [4.78, 5) is 22.7. The number of carbonyl (C=O) groups excluding carboxylic acids is 2. The van der Waals surface area contributed by atoms with Crippen molar-refractivity contribution in [3.8, 4) is 0 Å². The monoisotopic (exact) mass is 244 g/mol. The first-order valence-corrected chi connectivity index (χ1v) is 5.62. The molecule has 1 aliphatic rings. The number of nitrogens with one attached hydrogen (secondary N) is 2. The van der Waals surface area contributed by atoms with Crippen molar-refractivity contribution >= 4 is 12.1 Å². The lowest BCUT2D eigenvalue weighted by atomic mass is 10.2. The number of hydrogen-bond acceptors (Lipinski definition) is 5. The third-order valence-corrected chi connectivity index (χ3v) is 2.34. The van der Waals surface area contributed by atoms with Crippen LogP contribution in [0.3, 0.4) is 0 Å². The number of rotatable bonds is 2. The lowest BCUT2D eigenvalue weighted by molar-refractivity contribution is -0.142. The number of esters is 1. The second-order valence-corrected chi connectivity index (χ2v) is 5.06. The van der Waals surface area contributed by atoms with Crippen molar-refractivity contribution in [3.63, 3.8) is 0 Å². The van der Waals surface area contributed by atoms with Gasteiger partial charge in [0.25, 0.3) is 0 Å². The third kappa shape index (κ3) is 4.60. The van der Waals surface area contributed by atoms with E-state index in [0.717, 1.165) is 0 Å². The smallest absolute Gasteiger partial charge is 0.407 e. The van der Waals surface area contributed by atoms with Gasteiger partial charge in [-0.1, -0.05) is 0 Å². The third-order valence-electron chi connectivity index (χ3n) is 2.34. The van der Waals surface area contributed by atoms with Gasteiger partial charge in [-0.15, -0.1) is 0 Å². The molecule has 0 aromatic heterocycles. The number of alkyl carbamates (subject to hydrolysis) is 1. The van der Waals surface area contributed by atoms with Crippen LogP contribution in [0, 0.1) is 0 Å². The Morgan fingerprint density at radius 3 is 2.53 bits per heavy atom. The van der Waals surface area contributed by atoms with E-state index in [0.29, 0.717) is 13.0 Å². The van der Waals surface area contributed by atoms with Crippen LogP contribution < -0.4 is 10.6 Å². The van der Waals surface area contributed by atoms with E-state index >= 15 is 0 Å². The molecular weight excluding hydrogens is 224 g/mol. The van der Waals surface area contributed by atoms with Gasteiger partial charge in [0.15, 0.2) is 0 Å². The molecule has 1 fully saturated rings. The fraction of sp³-hybridized carbons (Fsp3) is 0.818. The Morgan fingerprint density at radius 1 is 1.35 bits per heavy atom. The van der Waals surface area contributed by atoms with Crippen molar-refractivity contribution in [1.29, 1.82) is 0 Å². The summed E-state index contributed by atoms with van der Waals surface area (Å²) in [7, 11) is 1.35. The van der Waals surface area contributed by atoms with E-state index in [1.807, 2.05) is 0 Å². The molecule has 0 aromatic carbocycles. The first-order valence-electron chi connectivity index (χ1n) is 5.62. The summed E-state index contributed by atoms with van der Waals surface area (Å²) in [6, 6.07) is -0.450. The molecular formula is C11H20N2O4. The number of hydrogen-bond donors (Lipinski definition) is 2. The predicted octanol–water partition coefficient (Wildman–Crippen LogP) is 0.415. The second kappa shape index (κ2) is 5.35. The molecule has 0 radical (unpaired) electrons. The molecule has 1 rings (SSSR count). The minimum atomic E-state index is -0.516. The zero-order valence-electron chi connectivity index (χ0n) is 10.7. The zero-order chi connectivity index (χ0) is 13.1. The summed E-state index contributed by atoms with van der Waals surface area (Å²) >= 11 is 0. The van der Waals surface area contributed by atoms with E-state index in [-0.39, 0.29) is 18.1 Å². The topological polar surface area (TPSA) is 76.7 Å². The van der Waals surface area contributed by atoms with Crippen LogP contribution in [0.1, 0.15) is 27.2 Å². The highest BCUT2D eigenvalue weighted by Crippen LogP contribution is 2.10. The molecule has 0 aliphatic carbocycles. The molecule has 0 saturated carbocycles. The highest BCUT2D eigenvalue weighted by molar-refractivity contribution is 5.76. The van der Waals surface area contributed by atoms with Crippen LogP contribution in [-0.4, -0.2) is 43.4 Å². The van der Waals surface area contributed by atoms with Crippen molar-refractivity contribution in [3.05, 3.63) is 0 Å². The fourth-order valence-corrected chi connectivity index (χ4v) is 1.64. The van der Waals surface area contributed by atoms with Gasteiger partial charge in [-0.25, -0.2) is 4.79 Å². The summed E-state index contributed by atoms with van der Waals surface area (Å²) < 4.78 is 9.75. The first kappa shape index (κ1) is 13.8. The average Bonchev–Trinajstić information content (AvgIpc) is 2.62. The minimum absolute atomic E-state index is 0.103. The fourth-order valence-electron chi connectivity index (χ4n) is 1.64. The van der Waals surface area contributed by atoms with E-state index in [4.69, 9.17) is 4.74 Å². The van der Waals surface area contributed by atoms with Crippen LogP contribution in [0.25, 0.3) is 0 Å². The summed E-state index contributed by atoms with van der Waals surface area (Å²) in [6.07, 6.45) is 0.0566. The van der Waals surface area contributed by atoms with Crippen LogP contribution in [-0.2, 0) is 14.3 Å². The van der Waals surface area contributed by atoms with E-state index < -0.39 is 11.7 Å². The summed E-state index contributed by atoms with van der Waals surface area (Å²) in [5.41, 5.74) is -0.516. The molecule has 98 valence electrons. The molecule has 1 heterocycles. The van der Waals surface area contributed by atoms with Gasteiger partial charge >= 0.3 is 12.1 Å². The normalized spacial score (nSPS) is 24.2. The van der Waals surface area contributed by atoms with Gasteiger partial charge in [0.2, 0.25) is 0 Å². The van der Waals surface area contributed by atoms with Gasteiger partial charge in [0.05, 0.1) is 7.11 Å². The van der Waals surface area contributed by atoms with Crippen LogP contribution in [0.5, 0.6) is 0 Å². The SMILES string of the molecule is COC(=O)[C@H]1C[C@@H](NC(=O)OC(C)(C)C)CN1. The molecule has 2 atom stereocenters. The van der Waals surface area contributed by atoms with E-state index in [9.17, 15) is 9.59 Å². The van der Waals surface area contributed by atoms with Crippen molar-refractivity contribution < 1.29 is 19.1 Å². The maximum absolute atomic E-state index is 11.5. The molecule has 0 bridgehead atoms. The van der Waals surface area contributed by atoms with Gasteiger partial charge in [-0.05, 0) is 27.2 Å².